The molecule has 3 rings (SSSR count). The number of likely N-dealkylation sites (N-methyl/N-ethyl adjacent to an activating group) is 1. The molecular weight excluding hydrogens is 332 g/mol. The molecule has 26 heavy (non-hydrogen) atoms. The minimum absolute atomic E-state index is 0.0566. The Morgan fingerprint density at radius 1 is 1.27 bits per heavy atom. The highest BCUT2D eigenvalue weighted by Crippen LogP contribution is 2.27. The number of piperazine rings is 1. The molecule has 0 aliphatic carbocycles. The summed E-state index contributed by atoms with van der Waals surface area (Å²) in [7, 11) is 3.70. The van der Waals surface area contributed by atoms with Crippen LogP contribution in [0, 0.1) is 13.8 Å². The van der Waals surface area contributed by atoms with Crippen LogP contribution in [0.1, 0.15) is 27.4 Å². The largest absolute Gasteiger partial charge is 0.495 e. The van der Waals surface area contributed by atoms with Gasteiger partial charge in [-0.3, -0.25) is 4.79 Å². The zero-order valence-electron chi connectivity index (χ0n) is 15.8. The molecule has 2 aromatic rings. The normalized spacial score (nSPS) is 15.2. The zero-order valence-corrected chi connectivity index (χ0v) is 15.8. The summed E-state index contributed by atoms with van der Waals surface area (Å²) in [5.41, 5.74) is 3.32. The zero-order chi connectivity index (χ0) is 18.7. The van der Waals surface area contributed by atoms with Crippen molar-refractivity contribution in [3.8, 4) is 5.75 Å². The Bertz CT molecular complexity index is 760. The van der Waals surface area contributed by atoms with E-state index in [0.717, 1.165) is 48.9 Å². The number of ether oxygens (including phenoxy) is 1. The average Bonchev–Trinajstić information content (AvgIpc) is 2.97. The van der Waals surface area contributed by atoms with E-state index in [-0.39, 0.29) is 5.91 Å². The number of aryl methyl sites for hydroxylation is 2. The van der Waals surface area contributed by atoms with Gasteiger partial charge in [0, 0.05) is 43.9 Å². The van der Waals surface area contributed by atoms with E-state index in [1.165, 1.54) is 0 Å². The first-order chi connectivity index (χ1) is 12.5. The van der Waals surface area contributed by atoms with Crippen LogP contribution in [-0.4, -0.2) is 61.2 Å². The Hall–Kier alpha value is -2.54. The smallest absolute Gasteiger partial charge is 0.254 e. The lowest BCUT2D eigenvalue weighted by atomic mass is 10.1. The molecule has 0 unspecified atom stereocenters. The van der Waals surface area contributed by atoms with Crippen LogP contribution in [0.5, 0.6) is 5.75 Å². The molecule has 1 aliphatic heterocycles. The fourth-order valence-electron chi connectivity index (χ4n) is 3.11. The molecule has 0 spiro atoms. The summed E-state index contributed by atoms with van der Waals surface area (Å²) in [6.45, 7) is 7.67. The number of nitrogens with zero attached hydrogens (tertiary/aromatic N) is 3. The third-order valence-corrected chi connectivity index (χ3v) is 4.87. The van der Waals surface area contributed by atoms with Gasteiger partial charge in [-0.15, -0.1) is 0 Å². The van der Waals surface area contributed by atoms with Crippen LogP contribution >= 0.6 is 0 Å². The van der Waals surface area contributed by atoms with Crippen molar-refractivity contribution in [1.29, 1.82) is 0 Å². The van der Waals surface area contributed by atoms with Gasteiger partial charge >= 0.3 is 0 Å². The van der Waals surface area contributed by atoms with Crippen molar-refractivity contribution in [1.82, 2.24) is 15.0 Å². The van der Waals surface area contributed by atoms with Gasteiger partial charge in [-0.1, -0.05) is 5.16 Å². The van der Waals surface area contributed by atoms with Gasteiger partial charge in [0.05, 0.1) is 18.5 Å². The van der Waals surface area contributed by atoms with Gasteiger partial charge in [-0.05, 0) is 39.1 Å². The Morgan fingerprint density at radius 2 is 2.00 bits per heavy atom. The monoisotopic (exact) mass is 358 g/mol. The SMILES string of the molecule is COc1ccc(C(=O)N2CCN(C)CC2)cc1NCc1c(C)noc1C. The maximum atomic E-state index is 12.8. The summed E-state index contributed by atoms with van der Waals surface area (Å²) in [6.07, 6.45) is 0. The molecule has 1 aliphatic rings. The Balaban J connectivity index is 1.77. The number of anilines is 1. The van der Waals surface area contributed by atoms with Crippen molar-refractivity contribution in [2.24, 2.45) is 0 Å². The molecule has 1 aromatic heterocycles. The molecule has 0 bridgehead atoms. The van der Waals surface area contributed by atoms with Crippen molar-refractivity contribution in [2.75, 3.05) is 45.7 Å². The van der Waals surface area contributed by atoms with Gasteiger partial charge in [-0.2, -0.15) is 0 Å². The quantitative estimate of drug-likeness (QED) is 0.884. The highest BCUT2D eigenvalue weighted by atomic mass is 16.5. The molecule has 0 saturated carbocycles. The molecule has 1 aromatic carbocycles. The first-order valence-electron chi connectivity index (χ1n) is 8.81. The summed E-state index contributed by atoms with van der Waals surface area (Å²) in [5, 5.41) is 7.32. The predicted molar refractivity (Wildman–Crippen MR) is 99.7 cm³/mol. The van der Waals surface area contributed by atoms with Crippen molar-refractivity contribution in [3.63, 3.8) is 0 Å². The maximum absolute atomic E-state index is 12.8. The highest BCUT2D eigenvalue weighted by molar-refractivity contribution is 5.95. The summed E-state index contributed by atoms with van der Waals surface area (Å²) in [6, 6.07) is 5.51. The van der Waals surface area contributed by atoms with Gasteiger partial charge in [-0.25, -0.2) is 0 Å². The van der Waals surface area contributed by atoms with Crippen LogP contribution in [0.2, 0.25) is 0 Å². The fraction of sp³-hybridized carbons (Fsp3) is 0.474. The second-order valence-electron chi connectivity index (χ2n) is 6.67. The van der Waals surface area contributed by atoms with E-state index in [1.54, 1.807) is 7.11 Å². The number of amides is 1. The molecule has 0 radical (unpaired) electrons. The van der Waals surface area contributed by atoms with Crippen LogP contribution in [0.15, 0.2) is 22.7 Å². The van der Waals surface area contributed by atoms with E-state index in [9.17, 15) is 4.79 Å². The minimum Gasteiger partial charge on any atom is -0.495 e. The molecule has 1 saturated heterocycles. The second kappa shape index (κ2) is 7.78. The maximum Gasteiger partial charge on any atom is 0.254 e. The first kappa shape index (κ1) is 18.3. The van der Waals surface area contributed by atoms with E-state index in [0.29, 0.717) is 17.9 Å². The Labute approximate surface area is 153 Å². The van der Waals surface area contributed by atoms with Crippen LogP contribution in [-0.2, 0) is 6.54 Å². The third-order valence-electron chi connectivity index (χ3n) is 4.87. The number of hydrogen-bond donors (Lipinski definition) is 1. The summed E-state index contributed by atoms with van der Waals surface area (Å²) < 4.78 is 10.6. The molecule has 2 heterocycles. The van der Waals surface area contributed by atoms with Crippen LogP contribution < -0.4 is 10.1 Å². The lowest BCUT2D eigenvalue weighted by Crippen LogP contribution is -2.47. The van der Waals surface area contributed by atoms with E-state index in [4.69, 9.17) is 9.26 Å². The van der Waals surface area contributed by atoms with Crippen LogP contribution in [0.4, 0.5) is 5.69 Å². The fourth-order valence-corrected chi connectivity index (χ4v) is 3.11. The van der Waals surface area contributed by atoms with E-state index in [1.807, 2.05) is 36.9 Å². The summed E-state index contributed by atoms with van der Waals surface area (Å²) >= 11 is 0. The molecule has 0 atom stereocenters. The van der Waals surface area contributed by atoms with Crippen LogP contribution in [0.25, 0.3) is 0 Å². The van der Waals surface area contributed by atoms with Crippen LogP contribution in [0.3, 0.4) is 0 Å². The molecule has 1 fully saturated rings. The van der Waals surface area contributed by atoms with Gasteiger partial charge in [0.2, 0.25) is 0 Å². The molecular formula is C19H26N4O3. The van der Waals surface area contributed by atoms with E-state index >= 15 is 0 Å². The van der Waals surface area contributed by atoms with Crippen molar-refractivity contribution < 1.29 is 14.1 Å². The molecule has 7 nitrogen and oxygen atoms in total. The van der Waals surface area contributed by atoms with E-state index < -0.39 is 0 Å². The predicted octanol–water partition coefficient (Wildman–Crippen LogP) is 2.30. The number of hydrogen-bond acceptors (Lipinski definition) is 6. The molecule has 1 N–H and O–H groups in total. The molecule has 1 amide bonds. The number of aromatic nitrogens is 1. The summed E-state index contributed by atoms with van der Waals surface area (Å²) in [4.78, 5) is 16.9. The third kappa shape index (κ3) is 3.83. The number of rotatable bonds is 5. The second-order valence-corrected chi connectivity index (χ2v) is 6.67. The summed E-state index contributed by atoms with van der Waals surface area (Å²) in [5.74, 6) is 1.55. The van der Waals surface area contributed by atoms with Gasteiger partial charge in [0.15, 0.2) is 0 Å². The topological polar surface area (TPSA) is 70.8 Å². The van der Waals surface area contributed by atoms with Crippen molar-refractivity contribution >= 4 is 11.6 Å². The first-order valence-corrected chi connectivity index (χ1v) is 8.81. The average molecular weight is 358 g/mol. The number of methoxy groups -OCH3 is 1. The number of nitrogens with one attached hydrogen (secondary N) is 1. The van der Waals surface area contributed by atoms with Crippen molar-refractivity contribution in [3.05, 3.63) is 40.8 Å². The molecule has 140 valence electrons. The number of carbonyl (C=O) groups is 1. The van der Waals surface area contributed by atoms with Gasteiger partial charge in [0.1, 0.15) is 11.5 Å². The van der Waals surface area contributed by atoms with E-state index in [2.05, 4.69) is 22.4 Å². The number of benzene rings is 1. The van der Waals surface area contributed by atoms with Gasteiger partial charge < -0.3 is 24.4 Å². The lowest BCUT2D eigenvalue weighted by Gasteiger charge is -2.32. The Morgan fingerprint density at radius 3 is 2.62 bits per heavy atom. The standard InChI is InChI=1S/C19H26N4O3/c1-13-16(14(2)26-21-13)12-20-17-11-15(5-6-18(17)25-4)19(24)23-9-7-22(3)8-10-23/h5-6,11,20H,7-10,12H2,1-4H3. The Kier molecular flexibility index (Phi) is 5.46. The van der Waals surface area contributed by atoms with Crippen molar-refractivity contribution in [2.45, 2.75) is 20.4 Å². The highest BCUT2D eigenvalue weighted by Gasteiger charge is 2.21. The minimum atomic E-state index is 0.0566. The lowest BCUT2D eigenvalue weighted by molar-refractivity contribution is 0.0664. The van der Waals surface area contributed by atoms with Gasteiger partial charge in [0.25, 0.3) is 5.91 Å². The molecule has 7 heteroatoms. The number of carbonyl (C=O) groups excluding carboxylic acids is 1.